The Balaban J connectivity index is 1.72. The van der Waals surface area contributed by atoms with Gasteiger partial charge in [0.15, 0.2) is 0 Å². The first-order valence-corrected chi connectivity index (χ1v) is 10.1. The third kappa shape index (κ3) is 5.13. The Bertz CT molecular complexity index is 894. The lowest BCUT2D eigenvalue weighted by molar-refractivity contribution is -0.118. The summed E-state index contributed by atoms with van der Waals surface area (Å²) in [6, 6.07) is 11.6. The van der Waals surface area contributed by atoms with Gasteiger partial charge in [0, 0.05) is 30.9 Å². The second-order valence-corrected chi connectivity index (χ2v) is 7.83. The van der Waals surface area contributed by atoms with Crippen LogP contribution in [-0.2, 0) is 11.2 Å². The third-order valence-corrected chi connectivity index (χ3v) is 5.20. The van der Waals surface area contributed by atoms with Gasteiger partial charge in [0.05, 0.1) is 7.11 Å². The number of ether oxygens (including phenoxy) is 1. The molecular weight excluding hydrogens is 372 g/mol. The molecule has 0 aliphatic rings. The van der Waals surface area contributed by atoms with Gasteiger partial charge in [-0.05, 0) is 42.2 Å². The van der Waals surface area contributed by atoms with E-state index in [1.807, 2.05) is 36.4 Å². The van der Waals surface area contributed by atoms with Crippen molar-refractivity contribution >= 4 is 22.4 Å². The first-order valence-electron chi connectivity index (χ1n) is 9.24. The van der Waals surface area contributed by atoms with Crippen molar-refractivity contribution in [3.63, 3.8) is 0 Å². The molecule has 0 bridgehead atoms. The number of benzene rings is 1. The predicted octanol–water partition coefficient (Wildman–Crippen LogP) is 4.23. The second kappa shape index (κ2) is 9.41. The van der Waals surface area contributed by atoms with Crippen molar-refractivity contribution in [1.29, 1.82) is 0 Å². The van der Waals surface area contributed by atoms with E-state index < -0.39 is 0 Å². The van der Waals surface area contributed by atoms with Crippen molar-refractivity contribution < 1.29 is 9.53 Å². The Morgan fingerprint density at radius 3 is 2.46 bits per heavy atom. The molecule has 28 heavy (non-hydrogen) atoms. The number of methoxy groups -OCH3 is 1. The predicted molar refractivity (Wildman–Crippen MR) is 112 cm³/mol. The van der Waals surface area contributed by atoms with E-state index in [2.05, 4.69) is 29.0 Å². The summed E-state index contributed by atoms with van der Waals surface area (Å²) in [6.07, 6.45) is 4.54. The van der Waals surface area contributed by atoms with Crippen LogP contribution < -0.4 is 9.64 Å². The first kappa shape index (κ1) is 19.9. The molecule has 0 unspecified atom stereocenters. The molecule has 0 N–H and O–H groups in total. The molecule has 0 fully saturated rings. The molecule has 2 heterocycles. The van der Waals surface area contributed by atoms with Gasteiger partial charge in [0.2, 0.25) is 11.0 Å². The lowest BCUT2D eigenvalue weighted by Gasteiger charge is -2.21. The molecular formula is C21H24N4O2S. The fourth-order valence-corrected chi connectivity index (χ4v) is 3.64. The van der Waals surface area contributed by atoms with Crippen molar-refractivity contribution in [1.82, 2.24) is 15.2 Å². The summed E-state index contributed by atoms with van der Waals surface area (Å²) >= 11 is 1.43. The molecule has 3 aromatic rings. The van der Waals surface area contributed by atoms with Crippen LogP contribution in [0.5, 0.6) is 5.75 Å². The molecule has 0 aliphatic carbocycles. The van der Waals surface area contributed by atoms with E-state index in [4.69, 9.17) is 4.74 Å². The maximum Gasteiger partial charge on any atom is 0.229 e. The summed E-state index contributed by atoms with van der Waals surface area (Å²) < 4.78 is 5.18. The number of aromatic nitrogens is 3. The van der Waals surface area contributed by atoms with Crippen molar-refractivity contribution in [3.05, 3.63) is 54.4 Å². The summed E-state index contributed by atoms with van der Waals surface area (Å²) in [6.45, 7) is 4.80. The van der Waals surface area contributed by atoms with Gasteiger partial charge in [-0.1, -0.05) is 37.3 Å². The van der Waals surface area contributed by atoms with E-state index in [1.54, 1.807) is 24.4 Å². The number of hydrogen-bond donors (Lipinski definition) is 0. The average Bonchev–Trinajstić information content (AvgIpc) is 3.21. The van der Waals surface area contributed by atoms with Crippen LogP contribution in [0.4, 0.5) is 5.13 Å². The van der Waals surface area contributed by atoms with Crippen LogP contribution in [0.25, 0.3) is 10.6 Å². The van der Waals surface area contributed by atoms with Crippen LogP contribution in [0.2, 0.25) is 0 Å². The number of pyridine rings is 1. The van der Waals surface area contributed by atoms with Crippen LogP contribution in [-0.4, -0.2) is 34.7 Å². The van der Waals surface area contributed by atoms with Gasteiger partial charge >= 0.3 is 0 Å². The van der Waals surface area contributed by atoms with Gasteiger partial charge in [-0.15, -0.1) is 10.2 Å². The van der Waals surface area contributed by atoms with E-state index in [0.29, 0.717) is 30.4 Å². The number of nitrogens with zero attached hydrogens (tertiary/aromatic N) is 4. The fourth-order valence-electron chi connectivity index (χ4n) is 2.77. The Kier molecular flexibility index (Phi) is 6.71. The van der Waals surface area contributed by atoms with Crippen LogP contribution in [0.3, 0.4) is 0 Å². The topological polar surface area (TPSA) is 68.2 Å². The van der Waals surface area contributed by atoms with Crippen LogP contribution >= 0.6 is 11.3 Å². The standard InChI is InChI=1S/C21H24N4O2S/c1-15(2)14-25(19(26)9-6-16-4-7-18(27-3)8-5-16)21-24-23-20(28-21)17-10-12-22-13-11-17/h4-5,7-8,10-13,15H,6,9,14H2,1-3H3. The van der Waals surface area contributed by atoms with Crippen LogP contribution in [0.15, 0.2) is 48.8 Å². The Hall–Kier alpha value is -2.80. The molecule has 0 spiro atoms. The highest BCUT2D eigenvalue weighted by Crippen LogP contribution is 2.29. The first-order chi connectivity index (χ1) is 13.6. The Labute approximate surface area is 169 Å². The Morgan fingerprint density at radius 1 is 1.11 bits per heavy atom. The number of carbonyl (C=O) groups is 1. The molecule has 146 valence electrons. The van der Waals surface area contributed by atoms with Crippen LogP contribution in [0.1, 0.15) is 25.8 Å². The SMILES string of the molecule is COc1ccc(CCC(=O)N(CC(C)C)c2nnc(-c3ccncc3)s2)cc1. The van der Waals surface area contributed by atoms with Crippen molar-refractivity contribution in [2.75, 3.05) is 18.6 Å². The van der Waals surface area contributed by atoms with Gasteiger partial charge in [-0.3, -0.25) is 14.7 Å². The molecule has 0 saturated heterocycles. The van der Waals surface area contributed by atoms with Crippen molar-refractivity contribution in [2.24, 2.45) is 5.92 Å². The normalized spacial score (nSPS) is 10.9. The van der Waals surface area contributed by atoms with Gasteiger partial charge in [0.25, 0.3) is 0 Å². The largest absolute Gasteiger partial charge is 0.497 e. The zero-order valence-electron chi connectivity index (χ0n) is 16.3. The van der Waals surface area contributed by atoms with Gasteiger partial charge < -0.3 is 4.74 Å². The molecule has 0 saturated carbocycles. The summed E-state index contributed by atoms with van der Waals surface area (Å²) in [7, 11) is 1.64. The lowest BCUT2D eigenvalue weighted by atomic mass is 10.1. The van der Waals surface area contributed by atoms with E-state index in [1.165, 1.54) is 11.3 Å². The molecule has 0 radical (unpaired) electrons. The number of hydrogen-bond acceptors (Lipinski definition) is 6. The highest BCUT2D eigenvalue weighted by molar-refractivity contribution is 7.18. The summed E-state index contributed by atoms with van der Waals surface area (Å²) in [4.78, 5) is 18.7. The molecule has 6 nitrogen and oxygen atoms in total. The number of aryl methyl sites for hydroxylation is 1. The highest BCUT2D eigenvalue weighted by atomic mass is 32.1. The van der Waals surface area contributed by atoms with E-state index in [0.717, 1.165) is 21.9 Å². The molecule has 1 amide bonds. The van der Waals surface area contributed by atoms with Gasteiger partial charge in [-0.2, -0.15) is 0 Å². The zero-order chi connectivity index (χ0) is 19.9. The van der Waals surface area contributed by atoms with E-state index in [9.17, 15) is 4.79 Å². The maximum atomic E-state index is 13.0. The van der Waals surface area contributed by atoms with Gasteiger partial charge in [0.1, 0.15) is 10.8 Å². The Morgan fingerprint density at radius 2 is 1.82 bits per heavy atom. The highest BCUT2D eigenvalue weighted by Gasteiger charge is 2.21. The summed E-state index contributed by atoms with van der Waals surface area (Å²) in [5.41, 5.74) is 2.06. The molecule has 2 aromatic heterocycles. The maximum absolute atomic E-state index is 13.0. The minimum atomic E-state index is 0.0574. The quantitative estimate of drug-likeness (QED) is 0.570. The van der Waals surface area contributed by atoms with Crippen LogP contribution in [0, 0.1) is 5.92 Å². The van der Waals surface area contributed by atoms with Crippen molar-refractivity contribution in [2.45, 2.75) is 26.7 Å². The number of amides is 1. The lowest BCUT2D eigenvalue weighted by Crippen LogP contribution is -2.34. The molecule has 3 rings (SSSR count). The minimum Gasteiger partial charge on any atom is -0.497 e. The smallest absolute Gasteiger partial charge is 0.229 e. The second-order valence-electron chi connectivity index (χ2n) is 6.87. The number of carbonyl (C=O) groups excluding carboxylic acids is 1. The fraction of sp³-hybridized carbons (Fsp3) is 0.333. The summed E-state index contributed by atoms with van der Waals surface area (Å²) in [5, 5.41) is 9.97. The van der Waals surface area contributed by atoms with E-state index >= 15 is 0 Å². The third-order valence-electron chi connectivity index (χ3n) is 4.21. The number of rotatable bonds is 8. The minimum absolute atomic E-state index is 0.0574. The van der Waals surface area contributed by atoms with E-state index in [-0.39, 0.29) is 5.91 Å². The average molecular weight is 397 g/mol. The monoisotopic (exact) mass is 396 g/mol. The number of anilines is 1. The molecule has 0 atom stereocenters. The van der Waals surface area contributed by atoms with Crippen molar-refractivity contribution in [3.8, 4) is 16.3 Å². The summed E-state index contributed by atoms with van der Waals surface area (Å²) in [5.74, 6) is 1.20. The zero-order valence-corrected chi connectivity index (χ0v) is 17.1. The molecule has 1 aromatic carbocycles. The molecule has 0 aliphatic heterocycles. The van der Waals surface area contributed by atoms with Gasteiger partial charge in [-0.25, -0.2) is 0 Å². The molecule has 7 heteroatoms.